The fourth-order valence-corrected chi connectivity index (χ4v) is 0.758. The quantitative estimate of drug-likeness (QED) is 0.302. The molecule has 0 rings (SSSR count). The Morgan fingerprint density at radius 2 is 2.36 bits per heavy atom. The minimum atomic E-state index is -1.24. The molecule has 1 atom stereocenters. The highest BCUT2D eigenvalue weighted by Crippen LogP contribution is 1.93. The lowest BCUT2D eigenvalue weighted by molar-refractivity contribution is -0.548. The van der Waals surface area contributed by atoms with Gasteiger partial charge < -0.3 is 5.11 Å². The van der Waals surface area contributed by atoms with Crippen LogP contribution in [0, 0.1) is 10.1 Å². The molecule has 0 amide bonds. The van der Waals surface area contributed by atoms with E-state index < -0.39 is 17.0 Å². The number of hydrazine groups is 1. The molecule has 7 heteroatoms. The molecule has 6 nitrogen and oxygen atoms in total. The first-order chi connectivity index (χ1) is 5.07. The molecule has 0 aromatic heterocycles. The van der Waals surface area contributed by atoms with Gasteiger partial charge in [0.25, 0.3) is 0 Å². The van der Waals surface area contributed by atoms with Gasteiger partial charge in [0.05, 0.1) is 0 Å². The Kier molecular flexibility index (Phi) is 4.35. The van der Waals surface area contributed by atoms with Gasteiger partial charge in [-0.1, -0.05) is 0 Å². The number of hydrogen-bond acceptors (Lipinski definition) is 4. The van der Waals surface area contributed by atoms with Gasteiger partial charge in [-0.15, -0.1) is 5.43 Å². The van der Waals surface area contributed by atoms with Crippen molar-refractivity contribution in [2.24, 2.45) is 0 Å². The molecule has 0 aliphatic heterocycles. The van der Waals surface area contributed by atoms with Crippen LogP contribution in [0.2, 0.25) is 0 Å². The third kappa shape index (κ3) is 4.43. The van der Waals surface area contributed by atoms with E-state index >= 15 is 0 Å². The van der Waals surface area contributed by atoms with E-state index in [0.29, 0.717) is 0 Å². The number of carbonyl (C=O) groups is 1. The van der Waals surface area contributed by atoms with Gasteiger partial charge in [-0.3, -0.25) is 0 Å². The van der Waals surface area contributed by atoms with Crippen LogP contribution in [0.3, 0.4) is 0 Å². The molecule has 0 heterocycles. The van der Waals surface area contributed by atoms with E-state index in [2.05, 4.69) is 12.6 Å². The number of nitrogens with one attached hydrogen (secondary N) is 1. The highest BCUT2D eigenvalue weighted by atomic mass is 32.1. The average Bonchev–Trinajstić information content (AvgIpc) is 1.86. The lowest BCUT2D eigenvalue weighted by Gasteiger charge is -2.05. The Morgan fingerprint density at radius 1 is 1.82 bits per heavy atom. The van der Waals surface area contributed by atoms with Crippen LogP contribution in [0.5, 0.6) is 0 Å². The Hall–Kier alpha value is -0.980. The van der Waals surface area contributed by atoms with Crippen molar-refractivity contribution in [3.05, 3.63) is 10.1 Å². The second-order valence-electron chi connectivity index (χ2n) is 1.79. The first-order valence-electron chi connectivity index (χ1n) is 2.82. The predicted molar refractivity (Wildman–Crippen MR) is 40.0 cm³/mol. The maximum absolute atomic E-state index is 10.2. The Morgan fingerprint density at radius 3 is 2.64 bits per heavy atom. The third-order valence-electron chi connectivity index (χ3n) is 0.977. The monoisotopic (exact) mass is 180 g/mol. The number of carboxylic acid groups (broad SMARTS) is 1. The van der Waals surface area contributed by atoms with Crippen LogP contribution < -0.4 is 5.43 Å². The third-order valence-corrected chi connectivity index (χ3v) is 1.24. The van der Waals surface area contributed by atoms with Gasteiger partial charge in [-0.05, 0) is 12.2 Å². The fourth-order valence-electron chi connectivity index (χ4n) is 0.500. The number of thiol groups is 1. The Balaban J connectivity index is 3.89. The number of carboxylic acids is 1. The molecule has 0 aliphatic carbocycles. The topological polar surface area (TPSA) is 92.5 Å². The molecule has 0 spiro atoms. The molecule has 0 fully saturated rings. The lowest BCUT2D eigenvalue weighted by Crippen LogP contribution is -2.40. The molecule has 0 aromatic carbocycles. The first-order valence-corrected chi connectivity index (χ1v) is 3.45. The number of rotatable bonds is 5. The number of nitrogens with zero attached hydrogens (tertiary/aromatic N) is 1. The van der Waals surface area contributed by atoms with Crippen molar-refractivity contribution in [1.82, 2.24) is 5.43 Å². The van der Waals surface area contributed by atoms with Gasteiger partial charge in [-0.25, -0.2) is 14.9 Å². The summed E-state index contributed by atoms with van der Waals surface area (Å²) >= 11 is 3.75. The van der Waals surface area contributed by atoms with Crippen molar-refractivity contribution >= 4 is 18.6 Å². The summed E-state index contributed by atoms with van der Waals surface area (Å²) in [6, 6.07) is -1.15. The molecule has 0 aromatic rings. The summed E-state index contributed by atoms with van der Waals surface area (Å²) in [4.78, 5) is 20.0. The molecule has 0 aliphatic rings. The van der Waals surface area contributed by atoms with Crippen molar-refractivity contribution in [1.29, 1.82) is 0 Å². The summed E-state index contributed by atoms with van der Waals surface area (Å²) < 4.78 is 0. The summed E-state index contributed by atoms with van der Waals surface area (Å²) in [5.74, 6) is -0.951. The Labute approximate surface area is 68.1 Å². The molecular weight excluding hydrogens is 172 g/mol. The van der Waals surface area contributed by atoms with Crippen molar-refractivity contribution in [2.75, 3.05) is 5.75 Å². The van der Waals surface area contributed by atoms with Gasteiger partial charge >= 0.3 is 5.97 Å². The molecule has 11 heavy (non-hydrogen) atoms. The van der Waals surface area contributed by atoms with E-state index in [0.717, 1.165) is 0 Å². The summed E-state index contributed by atoms with van der Waals surface area (Å²) in [6.45, 7) is 0. The molecule has 0 saturated carbocycles. The minimum absolute atomic E-state index is 0.124. The molecule has 2 N–H and O–H groups in total. The highest BCUT2D eigenvalue weighted by molar-refractivity contribution is 7.80. The molecular formula is C4H8N2O4S. The lowest BCUT2D eigenvalue weighted by atomic mass is 10.2. The predicted octanol–water partition coefficient (Wildman–Crippen LogP) is -0.459. The van der Waals surface area contributed by atoms with E-state index in [-0.39, 0.29) is 12.2 Å². The van der Waals surface area contributed by atoms with Crippen LogP contribution in [0.1, 0.15) is 6.42 Å². The summed E-state index contributed by atoms with van der Waals surface area (Å²) in [5.41, 5.74) is 1.65. The van der Waals surface area contributed by atoms with E-state index in [1.165, 1.54) is 0 Å². The highest BCUT2D eigenvalue weighted by Gasteiger charge is 2.20. The van der Waals surface area contributed by atoms with Crippen molar-refractivity contribution in [3.8, 4) is 0 Å². The van der Waals surface area contributed by atoms with Crippen molar-refractivity contribution in [3.63, 3.8) is 0 Å². The van der Waals surface area contributed by atoms with Gasteiger partial charge in [0.15, 0.2) is 11.1 Å². The molecule has 0 radical (unpaired) electrons. The number of hydrogen-bond donors (Lipinski definition) is 3. The van der Waals surface area contributed by atoms with E-state index in [1.807, 2.05) is 0 Å². The van der Waals surface area contributed by atoms with Crippen LogP contribution in [0.15, 0.2) is 0 Å². The maximum Gasteiger partial charge on any atom is 0.332 e. The smallest absolute Gasteiger partial charge is 0.332 e. The van der Waals surface area contributed by atoms with Crippen LogP contribution >= 0.6 is 12.6 Å². The average molecular weight is 180 g/mol. The summed E-state index contributed by atoms with van der Waals surface area (Å²) in [6.07, 6.45) is 0.124. The zero-order valence-electron chi connectivity index (χ0n) is 5.56. The molecule has 0 unspecified atom stereocenters. The fraction of sp³-hybridized carbons (Fsp3) is 0.750. The second kappa shape index (κ2) is 4.78. The summed E-state index contributed by atoms with van der Waals surface area (Å²) in [7, 11) is 0. The maximum atomic E-state index is 10.2. The van der Waals surface area contributed by atoms with Gasteiger partial charge in [-0.2, -0.15) is 12.6 Å². The molecule has 64 valence electrons. The van der Waals surface area contributed by atoms with Crippen LogP contribution in [-0.4, -0.2) is 27.9 Å². The van der Waals surface area contributed by atoms with Crippen LogP contribution in [0.25, 0.3) is 0 Å². The zero-order valence-corrected chi connectivity index (χ0v) is 6.45. The standard InChI is InChI=1S/C4H8N2O4S/c7-4(8)3(1-2-11)5-6(9)10/h3,5,11H,1-2H2,(H,7,8)/t3-/m0/s1. The second-order valence-corrected chi connectivity index (χ2v) is 2.24. The van der Waals surface area contributed by atoms with Crippen LogP contribution in [0.4, 0.5) is 0 Å². The van der Waals surface area contributed by atoms with Crippen molar-refractivity contribution in [2.45, 2.75) is 12.5 Å². The Bertz CT molecular complexity index is 162. The molecule has 0 saturated heterocycles. The van der Waals surface area contributed by atoms with E-state index in [4.69, 9.17) is 5.11 Å². The van der Waals surface area contributed by atoms with E-state index in [1.54, 1.807) is 5.43 Å². The largest absolute Gasteiger partial charge is 0.480 e. The van der Waals surface area contributed by atoms with Gasteiger partial charge in [0.2, 0.25) is 0 Å². The zero-order chi connectivity index (χ0) is 8.85. The van der Waals surface area contributed by atoms with Gasteiger partial charge in [0.1, 0.15) is 0 Å². The number of aliphatic carboxylic acids is 1. The van der Waals surface area contributed by atoms with Gasteiger partial charge in [0, 0.05) is 0 Å². The normalized spacial score (nSPS) is 12.1. The summed E-state index contributed by atoms with van der Waals surface area (Å²) in [5, 5.41) is 17.3. The SMILES string of the molecule is O=C(O)[C@H](CCS)N[N+](=O)[O-]. The molecule has 0 bridgehead atoms. The van der Waals surface area contributed by atoms with Crippen molar-refractivity contribution < 1.29 is 14.9 Å². The minimum Gasteiger partial charge on any atom is -0.480 e. The first kappa shape index (κ1) is 10.0. The number of nitro groups is 1. The van der Waals surface area contributed by atoms with E-state index in [9.17, 15) is 14.9 Å². The van der Waals surface area contributed by atoms with Crippen LogP contribution in [-0.2, 0) is 4.79 Å².